The average Bonchev–Trinajstić information content (AvgIpc) is 2.50. The van der Waals surface area contributed by atoms with Crippen molar-refractivity contribution in [2.24, 2.45) is 0 Å². The number of nitrogens with zero attached hydrogens (tertiary/aromatic N) is 1. The summed E-state index contributed by atoms with van der Waals surface area (Å²) in [7, 11) is 0. The number of benzene rings is 1. The SMILES string of the molecule is CCNCc1ccccc1OCCOc1cncc(Cl)c1. The Labute approximate surface area is 130 Å². The standard InChI is InChI=1S/C16H19ClN2O2/c1-2-18-10-13-5-3-4-6-16(13)21-8-7-20-15-9-14(17)11-19-12-15/h3-6,9,11-12,18H,2,7-8,10H2,1H3. The highest BCUT2D eigenvalue weighted by atomic mass is 35.5. The molecule has 4 nitrogen and oxygen atoms in total. The van der Waals surface area contributed by atoms with E-state index < -0.39 is 0 Å². The van der Waals surface area contributed by atoms with E-state index >= 15 is 0 Å². The maximum absolute atomic E-state index is 5.84. The molecule has 1 N–H and O–H groups in total. The number of aromatic nitrogens is 1. The first-order valence-corrected chi connectivity index (χ1v) is 7.32. The van der Waals surface area contributed by atoms with Gasteiger partial charge in [0.25, 0.3) is 0 Å². The summed E-state index contributed by atoms with van der Waals surface area (Å²) in [4.78, 5) is 3.96. The molecule has 1 heterocycles. The molecule has 0 saturated heterocycles. The molecule has 0 amide bonds. The molecule has 112 valence electrons. The number of nitrogens with one attached hydrogen (secondary N) is 1. The second-order valence-corrected chi connectivity index (χ2v) is 4.86. The Bertz CT molecular complexity index is 563. The summed E-state index contributed by atoms with van der Waals surface area (Å²) < 4.78 is 11.3. The summed E-state index contributed by atoms with van der Waals surface area (Å²) in [5, 5.41) is 3.85. The maximum atomic E-state index is 5.84. The molecule has 1 aromatic carbocycles. The Morgan fingerprint density at radius 2 is 1.95 bits per heavy atom. The van der Waals surface area contributed by atoms with Crippen LogP contribution in [0.1, 0.15) is 12.5 Å². The van der Waals surface area contributed by atoms with Crippen molar-refractivity contribution < 1.29 is 9.47 Å². The van der Waals surface area contributed by atoms with Crippen LogP contribution in [0.2, 0.25) is 5.02 Å². The number of hydrogen-bond donors (Lipinski definition) is 1. The van der Waals surface area contributed by atoms with Crippen molar-refractivity contribution in [2.75, 3.05) is 19.8 Å². The van der Waals surface area contributed by atoms with Crippen LogP contribution < -0.4 is 14.8 Å². The smallest absolute Gasteiger partial charge is 0.139 e. The van der Waals surface area contributed by atoms with E-state index in [1.165, 1.54) is 0 Å². The lowest BCUT2D eigenvalue weighted by atomic mass is 10.2. The third-order valence-corrected chi connectivity index (χ3v) is 3.03. The summed E-state index contributed by atoms with van der Waals surface area (Å²) in [5.74, 6) is 1.53. The van der Waals surface area contributed by atoms with E-state index in [1.54, 1.807) is 18.5 Å². The number of para-hydroxylation sites is 1. The molecule has 0 radical (unpaired) electrons. The lowest BCUT2D eigenvalue weighted by Crippen LogP contribution is -2.14. The molecule has 0 aliphatic rings. The summed E-state index contributed by atoms with van der Waals surface area (Å²) in [5.41, 5.74) is 1.14. The lowest BCUT2D eigenvalue weighted by Gasteiger charge is -2.12. The predicted octanol–water partition coefficient (Wildman–Crippen LogP) is 3.30. The van der Waals surface area contributed by atoms with Crippen molar-refractivity contribution in [3.8, 4) is 11.5 Å². The molecule has 1 aromatic heterocycles. The van der Waals surface area contributed by atoms with Crippen LogP contribution in [0.25, 0.3) is 0 Å². The van der Waals surface area contributed by atoms with Gasteiger partial charge in [-0.3, -0.25) is 4.98 Å². The van der Waals surface area contributed by atoms with Crippen LogP contribution in [0, 0.1) is 0 Å². The fraction of sp³-hybridized carbons (Fsp3) is 0.312. The van der Waals surface area contributed by atoms with Gasteiger partial charge in [0.15, 0.2) is 0 Å². The van der Waals surface area contributed by atoms with Crippen LogP contribution in [-0.2, 0) is 6.54 Å². The van der Waals surface area contributed by atoms with Gasteiger partial charge >= 0.3 is 0 Å². The van der Waals surface area contributed by atoms with Crippen molar-refractivity contribution in [1.29, 1.82) is 0 Å². The van der Waals surface area contributed by atoms with Crippen LogP contribution in [0.3, 0.4) is 0 Å². The van der Waals surface area contributed by atoms with Gasteiger partial charge in [-0.25, -0.2) is 0 Å². The van der Waals surface area contributed by atoms with Crippen molar-refractivity contribution in [1.82, 2.24) is 10.3 Å². The first kappa shape index (κ1) is 15.6. The van der Waals surface area contributed by atoms with Crippen molar-refractivity contribution in [3.63, 3.8) is 0 Å². The molecular weight excluding hydrogens is 288 g/mol. The molecule has 0 bridgehead atoms. The highest BCUT2D eigenvalue weighted by molar-refractivity contribution is 6.30. The zero-order valence-electron chi connectivity index (χ0n) is 12.0. The normalized spacial score (nSPS) is 10.4. The molecular formula is C16H19ClN2O2. The van der Waals surface area contributed by atoms with Crippen LogP contribution in [-0.4, -0.2) is 24.7 Å². The Balaban J connectivity index is 1.80. The topological polar surface area (TPSA) is 43.4 Å². The van der Waals surface area contributed by atoms with Crippen LogP contribution in [0.5, 0.6) is 11.5 Å². The summed E-state index contributed by atoms with van der Waals surface area (Å²) in [6.45, 7) is 4.72. The molecule has 0 aliphatic carbocycles. The zero-order valence-corrected chi connectivity index (χ0v) is 12.8. The quantitative estimate of drug-likeness (QED) is 0.760. The lowest BCUT2D eigenvalue weighted by molar-refractivity contribution is 0.215. The van der Waals surface area contributed by atoms with Gasteiger partial charge in [-0.2, -0.15) is 0 Å². The number of ether oxygens (including phenoxy) is 2. The molecule has 0 spiro atoms. The molecule has 0 unspecified atom stereocenters. The molecule has 21 heavy (non-hydrogen) atoms. The van der Waals surface area contributed by atoms with Crippen molar-refractivity contribution >= 4 is 11.6 Å². The van der Waals surface area contributed by atoms with Crippen LogP contribution in [0.15, 0.2) is 42.7 Å². The van der Waals surface area contributed by atoms with Gasteiger partial charge in [-0.1, -0.05) is 36.7 Å². The molecule has 0 atom stereocenters. The van der Waals surface area contributed by atoms with Gasteiger partial charge in [0, 0.05) is 24.4 Å². The third kappa shape index (κ3) is 5.25. The van der Waals surface area contributed by atoms with Gasteiger partial charge in [-0.15, -0.1) is 0 Å². The monoisotopic (exact) mass is 306 g/mol. The number of rotatable bonds is 8. The van der Waals surface area contributed by atoms with Gasteiger partial charge in [0.1, 0.15) is 24.7 Å². The molecule has 0 aliphatic heterocycles. The number of halogens is 1. The third-order valence-electron chi connectivity index (χ3n) is 2.83. The summed E-state index contributed by atoms with van der Waals surface area (Å²) >= 11 is 5.84. The molecule has 0 saturated carbocycles. The summed E-state index contributed by atoms with van der Waals surface area (Å²) in [6.07, 6.45) is 3.20. The van der Waals surface area contributed by atoms with Crippen molar-refractivity contribution in [3.05, 3.63) is 53.3 Å². The Morgan fingerprint density at radius 3 is 2.76 bits per heavy atom. The van der Waals surface area contributed by atoms with Gasteiger partial charge < -0.3 is 14.8 Å². The predicted molar refractivity (Wildman–Crippen MR) is 84.1 cm³/mol. The van der Waals surface area contributed by atoms with E-state index in [9.17, 15) is 0 Å². The number of hydrogen-bond acceptors (Lipinski definition) is 4. The van der Waals surface area contributed by atoms with E-state index in [-0.39, 0.29) is 0 Å². The average molecular weight is 307 g/mol. The summed E-state index contributed by atoms with van der Waals surface area (Å²) in [6, 6.07) is 9.72. The van der Waals surface area contributed by atoms with E-state index in [0.29, 0.717) is 24.0 Å². The Kier molecular flexibility index (Phi) is 6.31. The molecule has 0 fully saturated rings. The first-order chi connectivity index (χ1) is 10.3. The molecule has 5 heteroatoms. The minimum atomic E-state index is 0.442. The second-order valence-electron chi connectivity index (χ2n) is 4.42. The highest BCUT2D eigenvalue weighted by Gasteiger charge is 2.02. The minimum absolute atomic E-state index is 0.442. The maximum Gasteiger partial charge on any atom is 0.139 e. The van der Waals surface area contributed by atoms with E-state index in [4.69, 9.17) is 21.1 Å². The van der Waals surface area contributed by atoms with E-state index in [2.05, 4.69) is 23.3 Å². The fourth-order valence-electron chi connectivity index (χ4n) is 1.83. The van der Waals surface area contributed by atoms with Gasteiger partial charge in [0.05, 0.1) is 11.2 Å². The first-order valence-electron chi connectivity index (χ1n) is 6.94. The van der Waals surface area contributed by atoms with E-state index in [0.717, 1.165) is 24.4 Å². The fourth-order valence-corrected chi connectivity index (χ4v) is 2.00. The van der Waals surface area contributed by atoms with Gasteiger partial charge in [-0.05, 0) is 12.6 Å². The minimum Gasteiger partial charge on any atom is -0.490 e. The van der Waals surface area contributed by atoms with E-state index in [1.807, 2.05) is 18.2 Å². The Morgan fingerprint density at radius 1 is 1.14 bits per heavy atom. The molecule has 2 aromatic rings. The van der Waals surface area contributed by atoms with Crippen LogP contribution in [0.4, 0.5) is 0 Å². The zero-order chi connectivity index (χ0) is 14.9. The van der Waals surface area contributed by atoms with Crippen molar-refractivity contribution in [2.45, 2.75) is 13.5 Å². The molecule has 2 rings (SSSR count). The van der Waals surface area contributed by atoms with Gasteiger partial charge in [0.2, 0.25) is 0 Å². The number of pyridine rings is 1. The second kappa shape index (κ2) is 8.49. The van der Waals surface area contributed by atoms with Crippen LogP contribution >= 0.6 is 11.6 Å². The highest BCUT2D eigenvalue weighted by Crippen LogP contribution is 2.18. The Hall–Kier alpha value is -1.78. The largest absolute Gasteiger partial charge is 0.490 e.